The summed E-state index contributed by atoms with van der Waals surface area (Å²) in [5.41, 5.74) is 1.91. The number of aromatic amines is 1. The van der Waals surface area contributed by atoms with Gasteiger partial charge in [0.2, 0.25) is 0 Å². The largest absolute Gasteiger partial charge is 0.346 e. The average molecular weight is 183 g/mol. The lowest BCUT2D eigenvalue weighted by Crippen LogP contribution is -1.78. The maximum absolute atomic E-state index is 8.36. The van der Waals surface area contributed by atoms with Gasteiger partial charge in [-0.3, -0.25) is 0 Å². The zero-order valence-electron chi connectivity index (χ0n) is 7.57. The molecule has 3 nitrogen and oxygen atoms in total. The first-order valence-corrected chi connectivity index (χ1v) is 4.37. The van der Waals surface area contributed by atoms with E-state index in [1.165, 1.54) is 0 Å². The molecule has 0 atom stereocenters. The van der Waals surface area contributed by atoms with Gasteiger partial charge < -0.3 is 4.98 Å². The average Bonchev–Trinajstić information content (AvgIpc) is 2.65. The van der Waals surface area contributed by atoms with Crippen LogP contribution >= 0.6 is 0 Å². The Morgan fingerprint density at radius 3 is 3.36 bits per heavy atom. The highest BCUT2D eigenvalue weighted by molar-refractivity contribution is 5.77. The van der Waals surface area contributed by atoms with Crippen LogP contribution in [0.15, 0.2) is 30.6 Å². The zero-order valence-corrected chi connectivity index (χ0v) is 7.57. The third-order valence-electron chi connectivity index (χ3n) is 1.94. The van der Waals surface area contributed by atoms with Crippen LogP contribution in [0.5, 0.6) is 0 Å². The molecular formula is C11H9N3. The summed E-state index contributed by atoms with van der Waals surface area (Å²) in [6, 6.07) is 6.07. The molecule has 0 spiro atoms. The lowest BCUT2D eigenvalue weighted by atomic mass is 10.2. The topological polar surface area (TPSA) is 52.5 Å². The summed E-state index contributed by atoms with van der Waals surface area (Å²) in [5, 5.41) is 9.45. The van der Waals surface area contributed by atoms with Crippen LogP contribution in [-0.4, -0.2) is 9.97 Å². The van der Waals surface area contributed by atoms with E-state index in [-0.39, 0.29) is 0 Å². The van der Waals surface area contributed by atoms with Crippen molar-refractivity contribution in [3.05, 3.63) is 36.2 Å². The van der Waals surface area contributed by atoms with Gasteiger partial charge in [-0.05, 0) is 17.7 Å². The number of nitrogens with zero attached hydrogens (tertiary/aromatic N) is 2. The predicted octanol–water partition coefficient (Wildman–Crippen LogP) is 2.49. The van der Waals surface area contributed by atoms with E-state index in [4.69, 9.17) is 5.26 Å². The summed E-state index contributed by atoms with van der Waals surface area (Å²) in [7, 11) is 0. The first-order chi connectivity index (χ1) is 6.90. The molecule has 0 aromatic carbocycles. The molecule has 0 amide bonds. The lowest BCUT2D eigenvalue weighted by molar-refractivity contribution is 1.31. The molecular weight excluding hydrogens is 174 g/mol. The molecule has 0 unspecified atom stereocenters. The Bertz CT molecular complexity index is 502. The standard InChI is InChI=1S/C11H9N3/c12-5-2-1-3-9-7-10-4-6-13-11(10)14-8-9/h1,3-4,6-8H,2H2,(H,13,14). The highest BCUT2D eigenvalue weighted by Gasteiger charge is 1.94. The van der Waals surface area contributed by atoms with Crippen LogP contribution in [-0.2, 0) is 0 Å². The summed E-state index contributed by atoms with van der Waals surface area (Å²) >= 11 is 0. The molecule has 0 saturated heterocycles. The molecule has 2 aromatic heterocycles. The number of fused-ring (bicyclic) bond motifs is 1. The molecule has 2 heterocycles. The number of rotatable bonds is 2. The number of allylic oxidation sites excluding steroid dienone is 1. The van der Waals surface area contributed by atoms with Gasteiger partial charge in [-0.1, -0.05) is 12.2 Å². The van der Waals surface area contributed by atoms with E-state index >= 15 is 0 Å². The summed E-state index contributed by atoms with van der Waals surface area (Å²) in [4.78, 5) is 7.26. The Hall–Kier alpha value is -2.08. The number of nitriles is 1. The number of hydrogen-bond acceptors (Lipinski definition) is 2. The van der Waals surface area contributed by atoms with Crippen LogP contribution in [0.4, 0.5) is 0 Å². The normalized spacial score (nSPS) is 10.8. The molecule has 14 heavy (non-hydrogen) atoms. The summed E-state index contributed by atoms with van der Waals surface area (Å²) in [6.45, 7) is 0. The zero-order chi connectivity index (χ0) is 9.80. The molecule has 0 saturated carbocycles. The Morgan fingerprint density at radius 1 is 1.57 bits per heavy atom. The van der Waals surface area contributed by atoms with Crippen LogP contribution in [0.3, 0.4) is 0 Å². The van der Waals surface area contributed by atoms with E-state index in [0.29, 0.717) is 6.42 Å². The van der Waals surface area contributed by atoms with Gasteiger partial charge in [0.15, 0.2) is 0 Å². The van der Waals surface area contributed by atoms with Gasteiger partial charge in [0.1, 0.15) is 5.65 Å². The molecule has 1 N–H and O–H groups in total. The fourth-order valence-corrected chi connectivity index (χ4v) is 1.30. The Balaban J connectivity index is 2.31. The van der Waals surface area contributed by atoms with Crippen molar-refractivity contribution in [3.8, 4) is 6.07 Å². The SMILES string of the molecule is N#CCC=Cc1cnc2[nH]ccc2c1. The Kier molecular flexibility index (Phi) is 2.28. The monoisotopic (exact) mass is 183 g/mol. The second-order valence-electron chi connectivity index (χ2n) is 2.95. The fourth-order valence-electron chi connectivity index (χ4n) is 1.30. The third kappa shape index (κ3) is 1.64. The van der Waals surface area contributed by atoms with Crippen molar-refractivity contribution >= 4 is 17.1 Å². The molecule has 68 valence electrons. The van der Waals surface area contributed by atoms with Crippen LogP contribution in [0.2, 0.25) is 0 Å². The number of pyridine rings is 1. The van der Waals surface area contributed by atoms with Crippen LogP contribution in [0.25, 0.3) is 17.1 Å². The number of hydrogen-bond donors (Lipinski definition) is 1. The summed E-state index contributed by atoms with van der Waals surface area (Å²) < 4.78 is 0. The number of nitrogens with one attached hydrogen (secondary N) is 1. The minimum atomic E-state index is 0.436. The first kappa shape index (κ1) is 8.52. The van der Waals surface area contributed by atoms with Crippen LogP contribution in [0.1, 0.15) is 12.0 Å². The van der Waals surface area contributed by atoms with Crippen LogP contribution < -0.4 is 0 Å². The van der Waals surface area contributed by atoms with E-state index < -0.39 is 0 Å². The van der Waals surface area contributed by atoms with E-state index in [1.807, 2.05) is 30.5 Å². The van der Waals surface area contributed by atoms with Crippen LogP contribution in [0, 0.1) is 11.3 Å². The molecule has 2 rings (SSSR count). The van der Waals surface area contributed by atoms with Crippen molar-refractivity contribution in [1.82, 2.24) is 9.97 Å². The minimum absolute atomic E-state index is 0.436. The highest BCUT2D eigenvalue weighted by atomic mass is 14.8. The molecule has 0 bridgehead atoms. The van der Waals surface area contributed by atoms with Crippen molar-refractivity contribution in [3.63, 3.8) is 0 Å². The van der Waals surface area contributed by atoms with E-state index in [2.05, 4.69) is 16.0 Å². The Labute approximate surface area is 81.7 Å². The molecule has 2 aromatic rings. The quantitative estimate of drug-likeness (QED) is 0.777. The molecule has 3 heteroatoms. The van der Waals surface area contributed by atoms with Gasteiger partial charge in [0.25, 0.3) is 0 Å². The highest BCUT2D eigenvalue weighted by Crippen LogP contribution is 2.12. The molecule has 0 aliphatic carbocycles. The first-order valence-electron chi connectivity index (χ1n) is 4.37. The molecule has 0 aliphatic rings. The maximum atomic E-state index is 8.36. The number of aromatic nitrogens is 2. The predicted molar refractivity (Wildman–Crippen MR) is 55.4 cm³/mol. The molecule has 0 fully saturated rings. The van der Waals surface area contributed by atoms with Crippen molar-refractivity contribution < 1.29 is 0 Å². The Morgan fingerprint density at radius 2 is 2.50 bits per heavy atom. The van der Waals surface area contributed by atoms with Crippen molar-refractivity contribution in [2.45, 2.75) is 6.42 Å². The molecule has 0 aliphatic heterocycles. The van der Waals surface area contributed by atoms with Crippen molar-refractivity contribution in [2.24, 2.45) is 0 Å². The second kappa shape index (κ2) is 3.75. The van der Waals surface area contributed by atoms with E-state index in [1.54, 1.807) is 6.20 Å². The summed E-state index contributed by atoms with van der Waals surface area (Å²) in [5.74, 6) is 0. The van der Waals surface area contributed by atoms with Crippen molar-refractivity contribution in [2.75, 3.05) is 0 Å². The van der Waals surface area contributed by atoms with Crippen molar-refractivity contribution in [1.29, 1.82) is 5.26 Å². The van der Waals surface area contributed by atoms with Gasteiger partial charge >= 0.3 is 0 Å². The van der Waals surface area contributed by atoms with Gasteiger partial charge in [-0.15, -0.1) is 0 Å². The van der Waals surface area contributed by atoms with Gasteiger partial charge in [-0.25, -0.2) is 4.98 Å². The smallest absolute Gasteiger partial charge is 0.137 e. The van der Waals surface area contributed by atoms with Gasteiger partial charge in [0.05, 0.1) is 12.5 Å². The minimum Gasteiger partial charge on any atom is -0.346 e. The van der Waals surface area contributed by atoms with E-state index in [0.717, 1.165) is 16.6 Å². The maximum Gasteiger partial charge on any atom is 0.137 e. The summed E-state index contributed by atoms with van der Waals surface area (Å²) in [6.07, 6.45) is 7.82. The van der Waals surface area contributed by atoms with E-state index in [9.17, 15) is 0 Å². The van der Waals surface area contributed by atoms with Gasteiger partial charge in [0, 0.05) is 17.8 Å². The number of H-pyrrole nitrogens is 1. The third-order valence-corrected chi connectivity index (χ3v) is 1.94. The lowest BCUT2D eigenvalue weighted by Gasteiger charge is -1.92. The fraction of sp³-hybridized carbons (Fsp3) is 0.0909. The molecule has 0 radical (unpaired) electrons. The van der Waals surface area contributed by atoms with Gasteiger partial charge in [-0.2, -0.15) is 5.26 Å². The second-order valence-corrected chi connectivity index (χ2v) is 2.95.